The summed E-state index contributed by atoms with van der Waals surface area (Å²) in [6, 6.07) is 17.8. The molecule has 0 saturated heterocycles. The molecule has 2 aromatic carbocycles. The summed E-state index contributed by atoms with van der Waals surface area (Å²) in [6.07, 6.45) is 3.82. The minimum absolute atomic E-state index is 0.738. The first-order valence-corrected chi connectivity index (χ1v) is 6.06. The summed E-state index contributed by atoms with van der Waals surface area (Å²) in [5, 5.41) is 0.738. The predicted octanol–water partition coefficient (Wildman–Crippen LogP) is 4.19. The molecule has 18 heavy (non-hydrogen) atoms. The summed E-state index contributed by atoms with van der Waals surface area (Å²) < 4.78 is 1.98. The standard InChI is InChI=1S/C15H11ClN2/c16-13-6-8-14(9-7-13)18-10-15(17-11-18)12-4-2-1-3-5-12/h1-11H. The van der Waals surface area contributed by atoms with Gasteiger partial charge in [-0.3, -0.25) is 0 Å². The molecule has 3 aromatic rings. The number of hydrogen-bond donors (Lipinski definition) is 0. The van der Waals surface area contributed by atoms with Gasteiger partial charge in [0.15, 0.2) is 0 Å². The summed E-state index contributed by atoms with van der Waals surface area (Å²) in [5.74, 6) is 0. The first-order chi connectivity index (χ1) is 8.83. The highest BCUT2D eigenvalue weighted by Crippen LogP contribution is 2.19. The van der Waals surface area contributed by atoms with Crippen molar-refractivity contribution in [2.45, 2.75) is 0 Å². The Morgan fingerprint density at radius 3 is 2.33 bits per heavy atom. The first kappa shape index (κ1) is 11.1. The fraction of sp³-hybridized carbons (Fsp3) is 0. The van der Waals surface area contributed by atoms with E-state index in [9.17, 15) is 0 Å². The highest BCUT2D eigenvalue weighted by atomic mass is 35.5. The van der Waals surface area contributed by atoms with E-state index in [2.05, 4.69) is 17.1 Å². The highest BCUT2D eigenvalue weighted by molar-refractivity contribution is 6.30. The van der Waals surface area contributed by atoms with E-state index in [0.717, 1.165) is 22.0 Å². The van der Waals surface area contributed by atoms with Crippen molar-refractivity contribution in [1.29, 1.82) is 0 Å². The van der Waals surface area contributed by atoms with Crippen LogP contribution in [0.15, 0.2) is 67.1 Å². The second-order valence-corrected chi connectivity index (χ2v) is 4.45. The maximum atomic E-state index is 5.88. The van der Waals surface area contributed by atoms with E-state index in [1.807, 2.05) is 59.6 Å². The van der Waals surface area contributed by atoms with Gasteiger partial charge >= 0.3 is 0 Å². The van der Waals surface area contributed by atoms with Crippen LogP contribution < -0.4 is 0 Å². The fourth-order valence-electron chi connectivity index (χ4n) is 1.84. The number of aromatic nitrogens is 2. The molecular weight excluding hydrogens is 244 g/mol. The largest absolute Gasteiger partial charge is 0.306 e. The average molecular weight is 255 g/mol. The SMILES string of the molecule is Clc1ccc(-n2cnc(-c3ccccc3)c2)cc1. The second kappa shape index (κ2) is 4.67. The van der Waals surface area contributed by atoms with Gasteiger partial charge in [-0.05, 0) is 24.3 Å². The summed E-state index contributed by atoms with van der Waals surface area (Å²) in [4.78, 5) is 4.42. The molecule has 0 aliphatic heterocycles. The molecule has 2 nitrogen and oxygen atoms in total. The Hall–Kier alpha value is -2.06. The van der Waals surface area contributed by atoms with E-state index in [4.69, 9.17) is 11.6 Å². The molecule has 0 N–H and O–H groups in total. The Balaban J connectivity index is 1.97. The van der Waals surface area contributed by atoms with Gasteiger partial charge in [-0.15, -0.1) is 0 Å². The summed E-state index contributed by atoms with van der Waals surface area (Å²) >= 11 is 5.88. The molecule has 3 heteroatoms. The molecule has 0 saturated carbocycles. The Bertz CT molecular complexity index is 642. The molecule has 88 valence electrons. The lowest BCUT2D eigenvalue weighted by Crippen LogP contribution is -1.88. The third-order valence-electron chi connectivity index (χ3n) is 2.78. The van der Waals surface area contributed by atoms with Gasteiger partial charge < -0.3 is 4.57 Å². The van der Waals surface area contributed by atoms with Gasteiger partial charge in [-0.1, -0.05) is 41.9 Å². The molecule has 0 spiro atoms. The van der Waals surface area contributed by atoms with Crippen LogP contribution in [-0.4, -0.2) is 9.55 Å². The zero-order valence-electron chi connectivity index (χ0n) is 9.62. The van der Waals surface area contributed by atoms with Crippen LogP contribution in [-0.2, 0) is 0 Å². The lowest BCUT2D eigenvalue weighted by molar-refractivity contribution is 1.06. The Labute approximate surface area is 110 Å². The van der Waals surface area contributed by atoms with Crippen molar-refractivity contribution in [3.8, 4) is 16.9 Å². The van der Waals surface area contributed by atoms with Crippen LogP contribution in [0.4, 0.5) is 0 Å². The number of nitrogens with zero attached hydrogens (tertiary/aromatic N) is 2. The smallest absolute Gasteiger partial charge is 0.0999 e. The Morgan fingerprint density at radius 2 is 1.61 bits per heavy atom. The lowest BCUT2D eigenvalue weighted by atomic mass is 10.2. The van der Waals surface area contributed by atoms with E-state index in [1.54, 1.807) is 0 Å². The van der Waals surface area contributed by atoms with E-state index in [0.29, 0.717) is 0 Å². The Kier molecular flexibility index (Phi) is 2.87. The van der Waals surface area contributed by atoms with Crippen LogP contribution in [0.2, 0.25) is 5.02 Å². The van der Waals surface area contributed by atoms with Crippen molar-refractivity contribution in [3.05, 3.63) is 72.1 Å². The third-order valence-corrected chi connectivity index (χ3v) is 3.03. The summed E-state index contributed by atoms with van der Waals surface area (Å²) in [7, 11) is 0. The van der Waals surface area contributed by atoms with Gasteiger partial charge in [0.25, 0.3) is 0 Å². The minimum atomic E-state index is 0.738. The van der Waals surface area contributed by atoms with Gasteiger partial charge in [-0.25, -0.2) is 4.98 Å². The summed E-state index contributed by atoms with van der Waals surface area (Å²) in [6.45, 7) is 0. The van der Waals surface area contributed by atoms with Crippen molar-refractivity contribution in [1.82, 2.24) is 9.55 Å². The topological polar surface area (TPSA) is 17.8 Å². The molecule has 0 fully saturated rings. The molecule has 0 aliphatic carbocycles. The van der Waals surface area contributed by atoms with E-state index >= 15 is 0 Å². The van der Waals surface area contributed by atoms with E-state index in [1.165, 1.54) is 0 Å². The van der Waals surface area contributed by atoms with Crippen molar-refractivity contribution >= 4 is 11.6 Å². The van der Waals surface area contributed by atoms with Crippen LogP contribution >= 0.6 is 11.6 Å². The van der Waals surface area contributed by atoms with Gasteiger partial charge in [0.2, 0.25) is 0 Å². The van der Waals surface area contributed by atoms with Crippen LogP contribution in [0.5, 0.6) is 0 Å². The van der Waals surface area contributed by atoms with Gasteiger partial charge in [0, 0.05) is 22.5 Å². The van der Waals surface area contributed by atoms with Gasteiger partial charge in [-0.2, -0.15) is 0 Å². The molecule has 0 amide bonds. The van der Waals surface area contributed by atoms with E-state index in [-0.39, 0.29) is 0 Å². The van der Waals surface area contributed by atoms with Gasteiger partial charge in [0.05, 0.1) is 12.0 Å². The molecule has 0 atom stereocenters. The number of benzene rings is 2. The maximum absolute atomic E-state index is 5.88. The molecular formula is C15H11ClN2. The highest BCUT2D eigenvalue weighted by Gasteiger charge is 2.02. The van der Waals surface area contributed by atoms with Crippen LogP contribution in [0.25, 0.3) is 16.9 Å². The molecule has 0 bridgehead atoms. The number of rotatable bonds is 2. The minimum Gasteiger partial charge on any atom is -0.306 e. The molecule has 0 radical (unpaired) electrons. The van der Waals surface area contributed by atoms with Crippen LogP contribution in [0.1, 0.15) is 0 Å². The molecule has 0 unspecified atom stereocenters. The first-order valence-electron chi connectivity index (χ1n) is 5.68. The normalized spacial score (nSPS) is 10.5. The summed E-state index contributed by atoms with van der Waals surface area (Å²) in [5.41, 5.74) is 3.13. The van der Waals surface area contributed by atoms with Crippen molar-refractivity contribution in [3.63, 3.8) is 0 Å². The average Bonchev–Trinajstić information content (AvgIpc) is 2.90. The number of halogens is 1. The van der Waals surface area contributed by atoms with Crippen LogP contribution in [0.3, 0.4) is 0 Å². The quantitative estimate of drug-likeness (QED) is 0.670. The fourth-order valence-corrected chi connectivity index (χ4v) is 1.96. The monoisotopic (exact) mass is 254 g/mol. The van der Waals surface area contributed by atoms with Crippen molar-refractivity contribution in [2.75, 3.05) is 0 Å². The zero-order valence-corrected chi connectivity index (χ0v) is 10.4. The number of imidazole rings is 1. The predicted molar refractivity (Wildman–Crippen MR) is 74.0 cm³/mol. The van der Waals surface area contributed by atoms with Gasteiger partial charge in [0.1, 0.15) is 0 Å². The van der Waals surface area contributed by atoms with E-state index < -0.39 is 0 Å². The number of hydrogen-bond acceptors (Lipinski definition) is 1. The second-order valence-electron chi connectivity index (χ2n) is 4.01. The van der Waals surface area contributed by atoms with Crippen molar-refractivity contribution < 1.29 is 0 Å². The molecule has 3 rings (SSSR count). The molecule has 0 aliphatic rings. The third kappa shape index (κ3) is 2.15. The Morgan fingerprint density at radius 1 is 0.889 bits per heavy atom. The lowest BCUT2D eigenvalue weighted by Gasteiger charge is -2.01. The molecule has 1 aromatic heterocycles. The molecule has 1 heterocycles. The van der Waals surface area contributed by atoms with Crippen LogP contribution in [0, 0.1) is 0 Å². The zero-order chi connectivity index (χ0) is 12.4. The maximum Gasteiger partial charge on any atom is 0.0999 e. The van der Waals surface area contributed by atoms with Crippen molar-refractivity contribution in [2.24, 2.45) is 0 Å².